The van der Waals surface area contributed by atoms with E-state index in [9.17, 15) is 0 Å². The minimum atomic E-state index is -0.284. The first-order valence-electron chi connectivity index (χ1n) is 5.35. The summed E-state index contributed by atoms with van der Waals surface area (Å²) < 4.78 is 11.4. The van der Waals surface area contributed by atoms with Gasteiger partial charge in [0.2, 0.25) is 0 Å². The SMILES string of the molecule is C=C(C)CN1CCCC2(C1)OCCO2. The van der Waals surface area contributed by atoms with Gasteiger partial charge >= 0.3 is 0 Å². The summed E-state index contributed by atoms with van der Waals surface area (Å²) in [4.78, 5) is 2.37. The van der Waals surface area contributed by atoms with Crippen molar-refractivity contribution < 1.29 is 9.47 Å². The van der Waals surface area contributed by atoms with Gasteiger partial charge in [-0.15, -0.1) is 0 Å². The van der Waals surface area contributed by atoms with Crippen molar-refractivity contribution in [2.45, 2.75) is 25.6 Å². The second-order valence-electron chi connectivity index (χ2n) is 4.38. The predicted molar refractivity (Wildman–Crippen MR) is 55.1 cm³/mol. The van der Waals surface area contributed by atoms with E-state index in [1.54, 1.807) is 0 Å². The fourth-order valence-corrected chi connectivity index (χ4v) is 2.32. The molecule has 3 nitrogen and oxygen atoms in total. The quantitative estimate of drug-likeness (QED) is 0.625. The van der Waals surface area contributed by atoms with Crippen molar-refractivity contribution in [3.63, 3.8) is 0 Å². The lowest BCUT2D eigenvalue weighted by molar-refractivity contribution is -0.188. The van der Waals surface area contributed by atoms with Gasteiger partial charge in [-0.2, -0.15) is 0 Å². The number of hydrogen-bond donors (Lipinski definition) is 0. The molecule has 2 fully saturated rings. The third-order valence-corrected chi connectivity index (χ3v) is 2.80. The van der Waals surface area contributed by atoms with Crippen LogP contribution in [0.2, 0.25) is 0 Å². The van der Waals surface area contributed by atoms with Gasteiger partial charge in [-0.3, -0.25) is 4.90 Å². The van der Waals surface area contributed by atoms with Crippen LogP contribution in [-0.2, 0) is 9.47 Å². The first-order valence-corrected chi connectivity index (χ1v) is 5.35. The van der Waals surface area contributed by atoms with Crippen molar-refractivity contribution >= 4 is 0 Å². The monoisotopic (exact) mass is 197 g/mol. The third-order valence-electron chi connectivity index (χ3n) is 2.80. The highest BCUT2D eigenvalue weighted by molar-refractivity contribution is 4.95. The van der Waals surface area contributed by atoms with Gasteiger partial charge in [-0.1, -0.05) is 12.2 Å². The molecular weight excluding hydrogens is 178 g/mol. The zero-order valence-corrected chi connectivity index (χ0v) is 8.92. The van der Waals surface area contributed by atoms with E-state index in [1.807, 2.05) is 0 Å². The molecule has 1 spiro atoms. The zero-order chi connectivity index (χ0) is 10.0. The van der Waals surface area contributed by atoms with Gasteiger partial charge in [0.1, 0.15) is 0 Å². The lowest BCUT2D eigenvalue weighted by atomic mass is 10.0. The maximum atomic E-state index is 5.70. The molecule has 0 N–H and O–H groups in total. The molecule has 0 amide bonds. The van der Waals surface area contributed by atoms with Crippen molar-refractivity contribution in [3.8, 4) is 0 Å². The van der Waals surface area contributed by atoms with Crippen molar-refractivity contribution in [2.75, 3.05) is 32.8 Å². The van der Waals surface area contributed by atoms with Crippen molar-refractivity contribution in [2.24, 2.45) is 0 Å². The first kappa shape index (κ1) is 10.1. The van der Waals surface area contributed by atoms with Gasteiger partial charge in [0.25, 0.3) is 0 Å². The van der Waals surface area contributed by atoms with Crippen LogP contribution in [0.15, 0.2) is 12.2 Å². The molecule has 80 valence electrons. The molecule has 0 radical (unpaired) electrons. The van der Waals surface area contributed by atoms with Gasteiger partial charge in [-0.25, -0.2) is 0 Å². The molecule has 0 unspecified atom stereocenters. The molecule has 0 saturated carbocycles. The highest BCUT2D eigenvalue weighted by Gasteiger charge is 2.40. The van der Waals surface area contributed by atoms with Crippen molar-refractivity contribution in [1.29, 1.82) is 0 Å². The molecule has 3 heteroatoms. The maximum absolute atomic E-state index is 5.70. The molecule has 2 heterocycles. The smallest absolute Gasteiger partial charge is 0.181 e. The van der Waals surface area contributed by atoms with E-state index in [1.165, 1.54) is 5.57 Å². The predicted octanol–water partition coefficient (Wildman–Crippen LogP) is 1.40. The van der Waals surface area contributed by atoms with Gasteiger partial charge in [0.15, 0.2) is 5.79 Å². The molecule has 14 heavy (non-hydrogen) atoms. The number of ether oxygens (including phenoxy) is 2. The van der Waals surface area contributed by atoms with Crippen LogP contribution in [0.5, 0.6) is 0 Å². The fraction of sp³-hybridized carbons (Fsp3) is 0.818. The molecule has 0 aromatic carbocycles. The average molecular weight is 197 g/mol. The maximum Gasteiger partial charge on any atom is 0.181 e. The van der Waals surface area contributed by atoms with Crippen LogP contribution in [0, 0.1) is 0 Å². The largest absolute Gasteiger partial charge is 0.346 e. The first-order chi connectivity index (χ1) is 6.70. The summed E-state index contributed by atoms with van der Waals surface area (Å²) in [5, 5.41) is 0. The van der Waals surface area contributed by atoms with E-state index in [0.29, 0.717) is 0 Å². The van der Waals surface area contributed by atoms with Gasteiger partial charge < -0.3 is 9.47 Å². The zero-order valence-electron chi connectivity index (χ0n) is 8.92. The summed E-state index contributed by atoms with van der Waals surface area (Å²) in [7, 11) is 0. The lowest BCUT2D eigenvalue weighted by Gasteiger charge is -2.38. The summed E-state index contributed by atoms with van der Waals surface area (Å²) in [6.07, 6.45) is 2.20. The van der Waals surface area contributed by atoms with Gasteiger partial charge in [0, 0.05) is 13.0 Å². The number of rotatable bonds is 2. The molecule has 2 saturated heterocycles. The van der Waals surface area contributed by atoms with Crippen LogP contribution < -0.4 is 0 Å². The topological polar surface area (TPSA) is 21.7 Å². The van der Waals surface area contributed by atoms with E-state index < -0.39 is 0 Å². The Morgan fingerprint density at radius 3 is 2.79 bits per heavy atom. The van der Waals surface area contributed by atoms with E-state index in [2.05, 4.69) is 18.4 Å². The molecule has 0 aromatic rings. The van der Waals surface area contributed by atoms with Gasteiger partial charge in [0.05, 0.1) is 19.8 Å². The number of likely N-dealkylation sites (tertiary alicyclic amines) is 1. The van der Waals surface area contributed by atoms with Crippen LogP contribution in [0.25, 0.3) is 0 Å². The van der Waals surface area contributed by atoms with Crippen molar-refractivity contribution in [1.82, 2.24) is 4.90 Å². The molecule has 0 aliphatic carbocycles. The molecule has 0 aromatic heterocycles. The molecule has 2 aliphatic rings. The Morgan fingerprint density at radius 1 is 1.43 bits per heavy atom. The minimum Gasteiger partial charge on any atom is -0.346 e. The Kier molecular flexibility index (Phi) is 2.91. The number of hydrogen-bond acceptors (Lipinski definition) is 3. The number of piperidine rings is 1. The average Bonchev–Trinajstić information content (AvgIpc) is 2.52. The van der Waals surface area contributed by atoms with Crippen LogP contribution in [0.1, 0.15) is 19.8 Å². The molecule has 0 bridgehead atoms. The fourth-order valence-electron chi connectivity index (χ4n) is 2.32. The van der Waals surface area contributed by atoms with E-state index >= 15 is 0 Å². The Morgan fingerprint density at radius 2 is 2.14 bits per heavy atom. The molecule has 0 atom stereocenters. The van der Waals surface area contributed by atoms with E-state index in [4.69, 9.17) is 9.47 Å². The van der Waals surface area contributed by atoms with Gasteiger partial charge in [-0.05, 0) is 19.9 Å². The Hall–Kier alpha value is -0.380. The van der Waals surface area contributed by atoms with Crippen LogP contribution in [0.4, 0.5) is 0 Å². The summed E-state index contributed by atoms with van der Waals surface area (Å²) in [5.41, 5.74) is 1.21. The summed E-state index contributed by atoms with van der Waals surface area (Å²) in [6, 6.07) is 0. The third kappa shape index (κ3) is 2.16. The van der Waals surface area contributed by atoms with E-state index in [0.717, 1.165) is 45.7 Å². The van der Waals surface area contributed by atoms with Crippen LogP contribution in [0.3, 0.4) is 0 Å². The standard InChI is InChI=1S/C11H19NO2/c1-10(2)8-12-5-3-4-11(9-12)13-6-7-14-11/h1,3-9H2,2H3. The molecule has 2 aliphatic heterocycles. The Labute approximate surface area is 85.7 Å². The van der Waals surface area contributed by atoms with E-state index in [-0.39, 0.29) is 5.79 Å². The minimum absolute atomic E-state index is 0.284. The number of nitrogens with zero attached hydrogens (tertiary/aromatic N) is 1. The second-order valence-corrected chi connectivity index (χ2v) is 4.38. The summed E-state index contributed by atoms with van der Waals surface area (Å²) in [5.74, 6) is -0.284. The summed E-state index contributed by atoms with van der Waals surface area (Å²) in [6.45, 7) is 10.5. The highest BCUT2D eigenvalue weighted by Crippen LogP contribution is 2.30. The Balaban J connectivity index is 1.93. The van der Waals surface area contributed by atoms with Crippen LogP contribution in [-0.4, -0.2) is 43.5 Å². The summed E-state index contributed by atoms with van der Waals surface area (Å²) >= 11 is 0. The normalized spacial score (nSPS) is 26.9. The highest BCUT2D eigenvalue weighted by atomic mass is 16.7. The Bertz CT molecular complexity index is 221. The van der Waals surface area contributed by atoms with Crippen molar-refractivity contribution in [3.05, 3.63) is 12.2 Å². The molecule has 2 rings (SSSR count). The lowest BCUT2D eigenvalue weighted by Crippen LogP contribution is -2.49. The van der Waals surface area contributed by atoms with Crippen LogP contribution >= 0.6 is 0 Å². The molecular formula is C11H19NO2. The second kappa shape index (κ2) is 4.01.